The molecule has 0 bridgehead atoms. The van der Waals surface area contributed by atoms with E-state index in [2.05, 4.69) is 20.6 Å². The topological polar surface area (TPSA) is 113 Å². The minimum absolute atomic E-state index is 0.0833. The van der Waals surface area contributed by atoms with Crippen molar-refractivity contribution in [3.05, 3.63) is 60.2 Å². The van der Waals surface area contributed by atoms with E-state index in [1.165, 1.54) is 0 Å². The van der Waals surface area contributed by atoms with E-state index in [9.17, 15) is 14.7 Å². The summed E-state index contributed by atoms with van der Waals surface area (Å²) in [4.78, 5) is 32.4. The lowest BCUT2D eigenvalue weighted by Gasteiger charge is -2.36. The van der Waals surface area contributed by atoms with E-state index < -0.39 is 6.10 Å². The Morgan fingerprint density at radius 3 is 2.45 bits per heavy atom. The van der Waals surface area contributed by atoms with Crippen molar-refractivity contribution >= 4 is 11.8 Å². The van der Waals surface area contributed by atoms with Crippen molar-refractivity contribution in [2.45, 2.75) is 43.9 Å². The van der Waals surface area contributed by atoms with Crippen molar-refractivity contribution in [2.24, 2.45) is 0 Å². The van der Waals surface area contributed by atoms with Gasteiger partial charge >= 0.3 is 0 Å². The first-order valence-corrected chi connectivity index (χ1v) is 9.78. The standard InChI is InChI=1S/C21H26N4O4/c26-14-19-18(25-21(28)16-6-10-23-11-7-16)2-1-17(29-19)13-20(27)24-12-5-15-3-8-22-9-4-15/h3-4,6-11,17-19,26H,1-2,5,12-14H2,(H,24,27)(H,25,28)/t17-,18-,19+/m0/s1. The van der Waals surface area contributed by atoms with Crippen LogP contribution in [0.5, 0.6) is 0 Å². The maximum Gasteiger partial charge on any atom is 0.251 e. The highest BCUT2D eigenvalue weighted by Gasteiger charge is 2.33. The molecule has 8 heteroatoms. The van der Waals surface area contributed by atoms with E-state index in [0.717, 1.165) is 12.0 Å². The summed E-state index contributed by atoms with van der Waals surface area (Å²) in [7, 11) is 0. The van der Waals surface area contributed by atoms with Crippen LogP contribution < -0.4 is 10.6 Å². The van der Waals surface area contributed by atoms with Crippen LogP contribution in [0.15, 0.2) is 49.1 Å². The van der Waals surface area contributed by atoms with Gasteiger partial charge in [0.2, 0.25) is 5.91 Å². The number of nitrogens with zero attached hydrogens (tertiary/aromatic N) is 2. The van der Waals surface area contributed by atoms with Crippen LogP contribution in [0.3, 0.4) is 0 Å². The predicted molar refractivity (Wildman–Crippen MR) is 106 cm³/mol. The Morgan fingerprint density at radius 1 is 1.07 bits per heavy atom. The number of hydrogen-bond donors (Lipinski definition) is 3. The van der Waals surface area contributed by atoms with Gasteiger partial charge in [0.15, 0.2) is 0 Å². The molecule has 29 heavy (non-hydrogen) atoms. The highest BCUT2D eigenvalue weighted by Crippen LogP contribution is 2.22. The van der Waals surface area contributed by atoms with Gasteiger partial charge in [0.25, 0.3) is 5.91 Å². The molecule has 2 amide bonds. The average molecular weight is 398 g/mol. The molecule has 0 radical (unpaired) electrons. The highest BCUT2D eigenvalue weighted by molar-refractivity contribution is 5.94. The molecule has 0 unspecified atom stereocenters. The molecular formula is C21H26N4O4. The van der Waals surface area contributed by atoms with Crippen LogP contribution in [0.2, 0.25) is 0 Å². The number of pyridine rings is 2. The van der Waals surface area contributed by atoms with Crippen LogP contribution in [0.25, 0.3) is 0 Å². The van der Waals surface area contributed by atoms with Gasteiger partial charge in [-0.25, -0.2) is 0 Å². The molecule has 0 aromatic carbocycles. The Balaban J connectivity index is 1.42. The number of carbonyl (C=O) groups excluding carboxylic acids is 2. The molecule has 3 N–H and O–H groups in total. The summed E-state index contributed by atoms with van der Waals surface area (Å²) in [5.41, 5.74) is 1.62. The largest absolute Gasteiger partial charge is 0.394 e. The van der Waals surface area contributed by atoms with Crippen molar-refractivity contribution in [1.29, 1.82) is 0 Å². The maximum atomic E-state index is 12.3. The Kier molecular flexibility index (Phi) is 7.66. The van der Waals surface area contributed by atoms with Crippen LogP contribution in [0, 0.1) is 0 Å². The lowest BCUT2D eigenvalue weighted by Crippen LogP contribution is -2.51. The zero-order valence-corrected chi connectivity index (χ0v) is 16.2. The van der Waals surface area contributed by atoms with Gasteiger partial charge in [-0.2, -0.15) is 0 Å². The Bertz CT molecular complexity index is 788. The van der Waals surface area contributed by atoms with E-state index in [1.54, 1.807) is 36.9 Å². The van der Waals surface area contributed by atoms with Crippen LogP contribution in [-0.4, -0.2) is 58.3 Å². The van der Waals surface area contributed by atoms with Crippen LogP contribution >= 0.6 is 0 Å². The molecule has 0 saturated carbocycles. The van der Waals surface area contributed by atoms with Crippen LogP contribution in [0.4, 0.5) is 0 Å². The summed E-state index contributed by atoms with van der Waals surface area (Å²) in [6.07, 6.45) is 7.99. The first-order chi connectivity index (χ1) is 14.2. The fourth-order valence-corrected chi connectivity index (χ4v) is 3.38. The number of ether oxygens (including phenoxy) is 1. The van der Waals surface area contributed by atoms with Gasteiger partial charge in [-0.05, 0) is 49.1 Å². The molecule has 0 spiro atoms. The van der Waals surface area contributed by atoms with Crippen LogP contribution in [0.1, 0.15) is 35.2 Å². The van der Waals surface area contributed by atoms with Crippen molar-refractivity contribution in [3.63, 3.8) is 0 Å². The molecule has 154 valence electrons. The second-order valence-corrected chi connectivity index (χ2v) is 7.03. The number of aromatic nitrogens is 2. The molecule has 0 aliphatic carbocycles. The number of aliphatic hydroxyl groups excluding tert-OH is 1. The zero-order chi connectivity index (χ0) is 20.5. The molecule has 1 aliphatic heterocycles. The normalized spacial score (nSPS) is 21.3. The summed E-state index contributed by atoms with van der Waals surface area (Å²) in [6.45, 7) is 0.324. The van der Waals surface area contributed by atoms with Gasteiger partial charge < -0.3 is 20.5 Å². The first kappa shape index (κ1) is 20.9. The number of aliphatic hydroxyl groups is 1. The average Bonchev–Trinajstić information content (AvgIpc) is 2.76. The minimum Gasteiger partial charge on any atom is -0.394 e. The van der Waals surface area contributed by atoms with Crippen molar-refractivity contribution in [3.8, 4) is 0 Å². The number of amides is 2. The highest BCUT2D eigenvalue weighted by atomic mass is 16.5. The summed E-state index contributed by atoms with van der Waals surface area (Å²) < 4.78 is 5.87. The summed E-state index contributed by atoms with van der Waals surface area (Å²) in [5, 5.41) is 15.5. The van der Waals surface area contributed by atoms with Gasteiger partial charge in [-0.1, -0.05) is 0 Å². The van der Waals surface area contributed by atoms with E-state index in [4.69, 9.17) is 4.74 Å². The summed E-state index contributed by atoms with van der Waals surface area (Å²) in [5.74, 6) is -0.313. The first-order valence-electron chi connectivity index (χ1n) is 9.78. The SMILES string of the molecule is O=C(C[C@@H]1CC[C@H](NC(=O)c2ccncc2)[C@@H](CO)O1)NCCc1ccncc1. The van der Waals surface area contributed by atoms with Crippen molar-refractivity contribution < 1.29 is 19.4 Å². The van der Waals surface area contributed by atoms with Crippen LogP contribution in [-0.2, 0) is 16.0 Å². The van der Waals surface area contributed by atoms with E-state index in [1.807, 2.05) is 12.1 Å². The molecule has 2 aromatic heterocycles. The molecule has 3 atom stereocenters. The number of nitrogens with one attached hydrogen (secondary N) is 2. The molecular weight excluding hydrogens is 372 g/mol. The molecule has 2 aromatic rings. The molecule has 3 rings (SSSR count). The van der Waals surface area contributed by atoms with Crippen molar-refractivity contribution in [2.75, 3.05) is 13.2 Å². The molecule has 3 heterocycles. The molecule has 1 saturated heterocycles. The van der Waals surface area contributed by atoms with E-state index in [-0.39, 0.29) is 37.0 Å². The fourth-order valence-electron chi connectivity index (χ4n) is 3.38. The van der Waals surface area contributed by atoms with Gasteiger partial charge in [0, 0.05) is 36.9 Å². The third-order valence-corrected chi connectivity index (χ3v) is 4.95. The molecule has 1 aliphatic rings. The predicted octanol–water partition coefficient (Wildman–Crippen LogP) is 0.864. The van der Waals surface area contributed by atoms with Gasteiger partial charge in [0.05, 0.1) is 25.2 Å². The Morgan fingerprint density at radius 2 is 1.76 bits per heavy atom. The minimum atomic E-state index is -0.538. The number of hydrogen-bond acceptors (Lipinski definition) is 6. The number of carbonyl (C=O) groups is 2. The summed E-state index contributed by atoms with van der Waals surface area (Å²) in [6, 6.07) is 6.80. The lowest BCUT2D eigenvalue weighted by molar-refractivity contribution is -0.130. The van der Waals surface area contributed by atoms with Gasteiger partial charge in [-0.3, -0.25) is 19.6 Å². The fraction of sp³-hybridized carbons (Fsp3) is 0.429. The monoisotopic (exact) mass is 398 g/mol. The van der Waals surface area contributed by atoms with Crippen molar-refractivity contribution in [1.82, 2.24) is 20.6 Å². The Labute approximate surface area is 169 Å². The van der Waals surface area contributed by atoms with E-state index in [0.29, 0.717) is 24.9 Å². The third-order valence-electron chi connectivity index (χ3n) is 4.95. The third kappa shape index (κ3) is 6.33. The molecule has 8 nitrogen and oxygen atoms in total. The second kappa shape index (κ2) is 10.6. The lowest BCUT2D eigenvalue weighted by atomic mass is 9.96. The second-order valence-electron chi connectivity index (χ2n) is 7.03. The number of rotatable bonds is 8. The maximum absolute atomic E-state index is 12.3. The summed E-state index contributed by atoms with van der Waals surface area (Å²) >= 11 is 0. The molecule has 1 fully saturated rings. The smallest absolute Gasteiger partial charge is 0.251 e. The van der Waals surface area contributed by atoms with Gasteiger partial charge in [0.1, 0.15) is 6.10 Å². The Hall–Kier alpha value is -2.84. The zero-order valence-electron chi connectivity index (χ0n) is 16.2. The van der Waals surface area contributed by atoms with Gasteiger partial charge in [-0.15, -0.1) is 0 Å². The quantitative estimate of drug-likeness (QED) is 0.608. The van der Waals surface area contributed by atoms with E-state index >= 15 is 0 Å².